The van der Waals surface area contributed by atoms with Crippen molar-refractivity contribution in [3.63, 3.8) is 0 Å². The minimum absolute atomic E-state index is 0.460. The van der Waals surface area contributed by atoms with Gasteiger partial charge in [0.05, 0.1) is 0 Å². The molecule has 0 aromatic rings. The van der Waals surface area contributed by atoms with Crippen LogP contribution in [-0.4, -0.2) is 24.1 Å². The van der Waals surface area contributed by atoms with E-state index in [9.17, 15) is 4.79 Å². The summed E-state index contributed by atoms with van der Waals surface area (Å²) in [4.78, 5) is 15.7. The van der Waals surface area contributed by atoms with Crippen molar-refractivity contribution < 1.29 is 14.4 Å². The fourth-order valence-corrected chi connectivity index (χ4v) is 0.652. The fourth-order valence-electron chi connectivity index (χ4n) is 0.652. The molecule has 1 atom stereocenters. The average molecular weight is 158 g/mol. The van der Waals surface area contributed by atoms with Crippen LogP contribution in [-0.2, 0) is 9.57 Å². The first-order valence-electron chi connectivity index (χ1n) is 3.26. The second kappa shape index (κ2) is 3.36. The van der Waals surface area contributed by atoms with E-state index >= 15 is 0 Å². The van der Waals surface area contributed by atoms with Gasteiger partial charge >= 0.3 is 6.09 Å². The highest BCUT2D eigenvalue weighted by molar-refractivity contribution is 5.66. The highest BCUT2D eigenvalue weighted by Gasteiger charge is 2.28. The van der Waals surface area contributed by atoms with Crippen molar-refractivity contribution >= 4 is 6.09 Å². The molecular formula is C6H10N2O3. The molecule has 0 saturated carbocycles. The van der Waals surface area contributed by atoms with Crippen LogP contribution in [0.25, 0.3) is 0 Å². The molecule has 0 aromatic carbocycles. The monoisotopic (exact) mass is 158 g/mol. The average Bonchev–Trinajstić information content (AvgIpc) is 2.26. The normalized spacial score (nSPS) is 23.5. The van der Waals surface area contributed by atoms with Crippen LogP contribution in [0.3, 0.4) is 0 Å². The number of nitrogens with zero attached hydrogens (tertiary/aromatic N) is 1. The number of cyclic esters (lactones) is 1. The van der Waals surface area contributed by atoms with Gasteiger partial charge in [0, 0.05) is 13.5 Å². The van der Waals surface area contributed by atoms with Crippen molar-refractivity contribution in [1.82, 2.24) is 10.6 Å². The predicted molar refractivity (Wildman–Crippen MR) is 37.1 cm³/mol. The largest absolute Gasteiger partial charge is 0.452 e. The lowest BCUT2D eigenvalue weighted by atomic mass is 10.7. The quantitative estimate of drug-likeness (QED) is 0.604. The topological polar surface area (TPSA) is 50.8 Å². The molecule has 1 heterocycles. The molecule has 5 heteroatoms. The van der Waals surface area contributed by atoms with Crippen molar-refractivity contribution in [2.24, 2.45) is 0 Å². The third-order valence-electron chi connectivity index (χ3n) is 1.07. The van der Waals surface area contributed by atoms with Gasteiger partial charge in [0.2, 0.25) is 6.29 Å². The predicted octanol–water partition coefficient (Wildman–Crippen LogP) is 0.407. The summed E-state index contributed by atoms with van der Waals surface area (Å²) in [5.41, 5.74) is 2.63. The van der Waals surface area contributed by atoms with Gasteiger partial charge < -0.3 is 4.74 Å². The number of hydrogen-bond acceptors (Lipinski definition) is 4. The summed E-state index contributed by atoms with van der Waals surface area (Å²) in [5.74, 6) is 0. The molecule has 1 unspecified atom stereocenters. The van der Waals surface area contributed by atoms with Crippen LogP contribution in [0.15, 0.2) is 12.7 Å². The van der Waals surface area contributed by atoms with Gasteiger partial charge in [-0.15, -0.1) is 11.8 Å². The Morgan fingerprint density at radius 1 is 1.91 bits per heavy atom. The Balaban J connectivity index is 2.34. The Kier molecular flexibility index (Phi) is 2.45. The van der Waals surface area contributed by atoms with E-state index < -0.39 is 12.4 Å². The van der Waals surface area contributed by atoms with Gasteiger partial charge in [0.25, 0.3) is 0 Å². The highest BCUT2D eigenvalue weighted by atomic mass is 16.9. The molecule has 1 fully saturated rings. The summed E-state index contributed by atoms with van der Waals surface area (Å²) >= 11 is 0. The molecule has 0 aliphatic carbocycles. The molecule has 1 aliphatic rings. The Morgan fingerprint density at radius 3 is 3.09 bits per heavy atom. The van der Waals surface area contributed by atoms with E-state index in [4.69, 9.17) is 4.84 Å². The molecular weight excluding hydrogens is 148 g/mol. The zero-order chi connectivity index (χ0) is 8.27. The second-order valence-corrected chi connectivity index (χ2v) is 2.00. The maximum absolute atomic E-state index is 10.8. The van der Waals surface area contributed by atoms with Gasteiger partial charge in [-0.1, -0.05) is 6.08 Å². The number of carbonyl (C=O) groups excluding carboxylic acids is 1. The van der Waals surface area contributed by atoms with E-state index in [0.29, 0.717) is 6.54 Å². The second-order valence-electron chi connectivity index (χ2n) is 2.00. The van der Waals surface area contributed by atoms with Gasteiger partial charge in [0.1, 0.15) is 0 Å². The van der Waals surface area contributed by atoms with Gasteiger partial charge in [-0.05, 0) is 0 Å². The van der Waals surface area contributed by atoms with Crippen LogP contribution in [0.5, 0.6) is 0 Å². The smallest absolute Gasteiger partial charge is 0.415 e. The van der Waals surface area contributed by atoms with Crippen molar-refractivity contribution in [3.8, 4) is 0 Å². The van der Waals surface area contributed by atoms with Gasteiger partial charge in [-0.3, -0.25) is 0 Å². The number of amides is 1. The van der Waals surface area contributed by atoms with E-state index in [1.54, 1.807) is 13.0 Å². The third-order valence-corrected chi connectivity index (χ3v) is 1.07. The van der Waals surface area contributed by atoms with Crippen LogP contribution < -0.4 is 5.43 Å². The summed E-state index contributed by atoms with van der Waals surface area (Å²) in [6, 6.07) is 0. The number of hydrogen-bond donors (Lipinski definition) is 1. The molecule has 1 N–H and O–H groups in total. The van der Waals surface area contributed by atoms with Crippen LogP contribution in [0.1, 0.15) is 6.92 Å². The zero-order valence-electron chi connectivity index (χ0n) is 6.24. The maximum Gasteiger partial charge on any atom is 0.452 e. The Morgan fingerprint density at radius 2 is 2.64 bits per heavy atom. The third kappa shape index (κ3) is 1.92. The molecule has 1 rings (SSSR count). The number of rotatable bonds is 3. The first-order chi connectivity index (χ1) is 5.24. The summed E-state index contributed by atoms with van der Waals surface area (Å²) in [5, 5.41) is 0.951. The summed E-state index contributed by atoms with van der Waals surface area (Å²) < 4.78 is 4.64. The minimum Gasteiger partial charge on any atom is -0.415 e. The minimum atomic E-state index is -0.528. The van der Waals surface area contributed by atoms with E-state index in [2.05, 4.69) is 16.7 Å². The van der Waals surface area contributed by atoms with Crippen LogP contribution in [0.4, 0.5) is 4.79 Å². The van der Waals surface area contributed by atoms with Crippen molar-refractivity contribution in [3.05, 3.63) is 12.7 Å². The first kappa shape index (κ1) is 8.03. The molecule has 0 aromatic heterocycles. The Hall–Kier alpha value is -1.07. The standard InChI is InChI=1S/C6H10N2O3/c1-3-4-7-8-6(9)10-5(2)11-8/h3,5,7H,1,4H2,2H3. The molecule has 11 heavy (non-hydrogen) atoms. The van der Waals surface area contributed by atoms with E-state index in [1.807, 2.05) is 0 Å². The van der Waals surface area contributed by atoms with E-state index in [1.165, 1.54) is 0 Å². The maximum atomic E-state index is 10.8. The number of ether oxygens (including phenoxy) is 1. The van der Waals surface area contributed by atoms with Crippen molar-refractivity contribution in [1.29, 1.82) is 0 Å². The van der Waals surface area contributed by atoms with Crippen LogP contribution >= 0.6 is 0 Å². The van der Waals surface area contributed by atoms with E-state index in [-0.39, 0.29) is 0 Å². The summed E-state index contributed by atoms with van der Waals surface area (Å²) in [6.07, 6.45) is 0.568. The lowest BCUT2D eigenvalue weighted by Gasteiger charge is -2.09. The molecule has 1 aliphatic heterocycles. The van der Waals surface area contributed by atoms with Crippen LogP contribution in [0, 0.1) is 0 Å². The molecule has 0 spiro atoms. The summed E-state index contributed by atoms with van der Waals surface area (Å²) in [6.45, 7) is 5.56. The number of hydrazine groups is 1. The molecule has 62 valence electrons. The molecule has 1 amide bonds. The van der Waals surface area contributed by atoms with Gasteiger partial charge in [-0.25, -0.2) is 9.63 Å². The zero-order valence-corrected chi connectivity index (χ0v) is 6.24. The Labute approximate surface area is 64.5 Å². The van der Waals surface area contributed by atoms with E-state index in [0.717, 1.165) is 5.17 Å². The number of nitrogens with one attached hydrogen (secondary N) is 1. The first-order valence-corrected chi connectivity index (χ1v) is 3.26. The number of carbonyl (C=O) groups is 1. The van der Waals surface area contributed by atoms with Crippen LogP contribution in [0.2, 0.25) is 0 Å². The van der Waals surface area contributed by atoms with Gasteiger partial charge in [-0.2, -0.15) is 5.43 Å². The van der Waals surface area contributed by atoms with Crippen molar-refractivity contribution in [2.45, 2.75) is 13.2 Å². The van der Waals surface area contributed by atoms with Crippen molar-refractivity contribution in [2.75, 3.05) is 6.54 Å². The molecule has 0 bridgehead atoms. The lowest BCUT2D eigenvalue weighted by molar-refractivity contribution is -0.172. The highest BCUT2D eigenvalue weighted by Crippen LogP contribution is 2.08. The number of hydroxylamine groups is 1. The molecule has 0 radical (unpaired) electrons. The van der Waals surface area contributed by atoms with Gasteiger partial charge in [0.15, 0.2) is 0 Å². The fraction of sp³-hybridized carbons (Fsp3) is 0.500. The molecule has 1 saturated heterocycles. The lowest BCUT2D eigenvalue weighted by Crippen LogP contribution is -2.37. The Bertz CT molecular complexity index is 171. The SMILES string of the molecule is C=CCNN1OC(C)OC1=O. The molecule has 5 nitrogen and oxygen atoms in total. The summed E-state index contributed by atoms with van der Waals surface area (Å²) in [7, 11) is 0.